The lowest BCUT2D eigenvalue weighted by atomic mass is 9.98. The zero-order valence-corrected chi connectivity index (χ0v) is 16.9. The molecule has 1 saturated heterocycles. The number of aliphatic hydroxyl groups is 1. The number of aromatic amines is 1. The quantitative estimate of drug-likeness (QED) is 0.576. The van der Waals surface area contributed by atoms with Gasteiger partial charge in [-0.15, -0.1) is 0 Å². The monoisotopic (exact) mass is 407 g/mol. The van der Waals surface area contributed by atoms with Crippen molar-refractivity contribution in [3.05, 3.63) is 33.1 Å². The molecule has 11 heteroatoms. The fourth-order valence-corrected chi connectivity index (χ4v) is 4.28. The van der Waals surface area contributed by atoms with Gasteiger partial charge < -0.3 is 14.4 Å². The third kappa shape index (κ3) is 4.94. The first kappa shape index (κ1) is 22.0. The number of nitrogens with one attached hydrogen (secondary N) is 2. The Morgan fingerprint density at radius 3 is 2.67 bits per heavy atom. The topological polar surface area (TPSA) is 123 Å². The third-order valence-electron chi connectivity index (χ3n) is 4.74. The van der Waals surface area contributed by atoms with Crippen molar-refractivity contribution in [1.29, 1.82) is 0 Å². The average molecular weight is 407 g/mol. The van der Waals surface area contributed by atoms with Gasteiger partial charge >= 0.3 is 5.69 Å². The highest BCUT2D eigenvalue weighted by molar-refractivity contribution is 7.56. The van der Waals surface area contributed by atoms with E-state index in [0.717, 1.165) is 23.8 Å². The molecule has 0 saturated carbocycles. The van der Waals surface area contributed by atoms with E-state index in [1.807, 2.05) is 25.8 Å². The molecule has 1 aromatic heterocycles. The molecule has 3 N–H and O–H groups in total. The highest BCUT2D eigenvalue weighted by atomic mass is 31.2. The Hall–Kier alpha value is -1.32. The third-order valence-corrected chi connectivity index (χ3v) is 6.26. The Morgan fingerprint density at radius 2 is 2.11 bits per heavy atom. The maximum Gasteiger partial charge on any atom is 0.330 e. The van der Waals surface area contributed by atoms with E-state index < -0.39 is 42.9 Å². The molecule has 0 aromatic carbocycles. The van der Waals surface area contributed by atoms with Crippen LogP contribution < -0.4 is 16.3 Å². The first-order valence-corrected chi connectivity index (χ1v) is 10.8. The number of halogens is 1. The number of ether oxygens (including phenoxy) is 1. The molecule has 1 aliphatic rings. The molecule has 2 heterocycles. The molecule has 9 nitrogen and oxygen atoms in total. The molecule has 2 unspecified atom stereocenters. The zero-order valence-electron chi connectivity index (χ0n) is 16.0. The van der Waals surface area contributed by atoms with Crippen LogP contribution >= 0.6 is 7.52 Å². The van der Waals surface area contributed by atoms with Crippen LogP contribution in [0.1, 0.15) is 33.9 Å². The number of aliphatic hydroxyl groups excluding tert-OH is 1. The standard InChI is InChI=1S/C16H27FN3O6P/c1-9(2)10(3)19-27(5,24)25-8-11-13(22)16(4,17)14(26-11)20-7-6-12(21)18-15(20)23/h6-7,9-11,13-14,22H,8H2,1-5H3,(H,19,24)(H,18,21,23)/t10-,11-,13-,14-,16?,27?/m1/s1. The molecule has 27 heavy (non-hydrogen) atoms. The summed E-state index contributed by atoms with van der Waals surface area (Å²) < 4.78 is 39.3. The maximum atomic E-state index is 15.1. The van der Waals surface area contributed by atoms with Crippen molar-refractivity contribution in [3.63, 3.8) is 0 Å². The van der Waals surface area contributed by atoms with E-state index in [0.29, 0.717) is 0 Å². The van der Waals surface area contributed by atoms with E-state index in [1.54, 1.807) is 0 Å². The minimum Gasteiger partial charge on any atom is -0.387 e. The Morgan fingerprint density at radius 1 is 1.48 bits per heavy atom. The highest BCUT2D eigenvalue weighted by Gasteiger charge is 2.55. The van der Waals surface area contributed by atoms with Crippen molar-refractivity contribution < 1.29 is 23.3 Å². The van der Waals surface area contributed by atoms with E-state index in [9.17, 15) is 19.3 Å². The summed E-state index contributed by atoms with van der Waals surface area (Å²) in [6, 6.07) is 0.975. The summed E-state index contributed by atoms with van der Waals surface area (Å²) in [5.74, 6) is 0.223. The van der Waals surface area contributed by atoms with Crippen LogP contribution in [0.4, 0.5) is 4.39 Å². The fourth-order valence-electron chi connectivity index (χ4n) is 2.73. The summed E-state index contributed by atoms with van der Waals surface area (Å²) in [5.41, 5.74) is -3.82. The molecular formula is C16H27FN3O6P. The first-order valence-electron chi connectivity index (χ1n) is 8.69. The molecule has 154 valence electrons. The second-order valence-corrected chi connectivity index (χ2v) is 9.65. The van der Waals surface area contributed by atoms with Crippen LogP contribution in [0.5, 0.6) is 0 Å². The molecule has 1 aliphatic heterocycles. The Bertz CT molecular complexity index is 823. The summed E-state index contributed by atoms with van der Waals surface area (Å²) >= 11 is 0. The molecular weight excluding hydrogens is 380 g/mol. The van der Waals surface area contributed by atoms with Crippen LogP contribution in [-0.4, -0.2) is 51.8 Å². The normalized spacial score (nSPS) is 31.8. The van der Waals surface area contributed by atoms with Crippen LogP contribution in [0.15, 0.2) is 21.9 Å². The SMILES string of the molecule is CC(C)[C@@H](C)NP(C)(=O)OC[C@H]1O[C@@H](n2ccc(=O)[nH]c2=O)C(C)(F)[C@@H]1O. The molecule has 0 bridgehead atoms. The van der Waals surface area contributed by atoms with E-state index in [2.05, 4.69) is 5.09 Å². The van der Waals surface area contributed by atoms with Gasteiger partial charge in [0.05, 0.1) is 6.61 Å². The number of hydrogen-bond donors (Lipinski definition) is 3. The number of H-pyrrole nitrogens is 1. The minimum atomic E-state index is -3.21. The summed E-state index contributed by atoms with van der Waals surface area (Å²) in [6.07, 6.45) is -3.14. The summed E-state index contributed by atoms with van der Waals surface area (Å²) in [6.45, 7) is 7.94. The van der Waals surface area contributed by atoms with Crippen molar-refractivity contribution in [2.45, 2.75) is 57.8 Å². The number of aromatic nitrogens is 2. The highest BCUT2D eigenvalue weighted by Crippen LogP contribution is 2.44. The summed E-state index contributed by atoms with van der Waals surface area (Å²) in [7, 11) is -3.21. The lowest BCUT2D eigenvalue weighted by molar-refractivity contribution is -0.0585. The Labute approximate surface area is 156 Å². The van der Waals surface area contributed by atoms with Gasteiger partial charge in [-0.2, -0.15) is 0 Å². The van der Waals surface area contributed by atoms with Crippen molar-refractivity contribution in [2.24, 2.45) is 5.92 Å². The molecule has 1 fully saturated rings. The first-order chi connectivity index (χ1) is 12.3. The van der Waals surface area contributed by atoms with Crippen LogP contribution in [0.3, 0.4) is 0 Å². The van der Waals surface area contributed by atoms with E-state index >= 15 is 4.39 Å². The molecule has 2 rings (SSSR count). The predicted octanol–water partition coefficient (Wildman–Crippen LogP) is 0.997. The minimum absolute atomic E-state index is 0.0748. The fraction of sp³-hybridized carbons (Fsp3) is 0.750. The van der Waals surface area contributed by atoms with Gasteiger partial charge in [0.2, 0.25) is 0 Å². The van der Waals surface area contributed by atoms with Crippen molar-refractivity contribution in [3.8, 4) is 0 Å². The van der Waals surface area contributed by atoms with Gasteiger partial charge in [0.15, 0.2) is 11.9 Å². The van der Waals surface area contributed by atoms with Gasteiger partial charge in [-0.05, 0) is 19.8 Å². The van der Waals surface area contributed by atoms with Gasteiger partial charge in [-0.25, -0.2) is 14.3 Å². The van der Waals surface area contributed by atoms with Crippen LogP contribution in [0.25, 0.3) is 0 Å². The van der Waals surface area contributed by atoms with Gasteiger partial charge in [0, 0.05) is 25.0 Å². The van der Waals surface area contributed by atoms with E-state index in [-0.39, 0.29) is 18.6 Å². The smallest absolute Gasteiger partial charge is 0.330 e. The largest absolute Gasteiger partial charge is 0.387 e. The zero-order chi connectivity index (χ0) is 20.6. The predicted molar refractivity (Wildman–Crippen MR) is 97.7 cm³/mol. The molecule has 0 radical (unpaired) electrons. The second kappa shape index (κ2) is 7.97. The Balaban J connectivity index is 2.13. The number of nitrogens with zero attached hydrogens (tertiary/aromatic N) is 1. The number of hydrogen-bond acceptors (Lipinski definition) is 6. The average Bonchev–Trinajstić information content (AvgIpc) is 2.76. The lowest BCUT2D eigenvalue weighted by Crippen LogP contribution is -2.43. The van der Waals surface area contributed by atoms with Gasteiger partial charge in [0.1, 0.15) is 12.2 Å². The maximum absolute atomic E-state index is 15.1. The van der Waals surface area contributed by atoms with Crippen LogP contribution in [-0.2, 0) is 13.8 Å². The summed E-state index contributed by atoms with van der Waals surface area (Å²) in [4.78, 5) is 25.1. The lowest BCUT2D eigenvalue weighted by Gasteiger charge is -2.25. The van der Waals surface area contributed by atoms with Gasteiger partial charge in [0.25, 0.3) is 13.1 Å². The number of alkyl halides is 1. The molecule has 6 atom stereocenters. The van der Waals surface area contributed by atoms with Gasteiger partial charge in [-0.1, -0.05) is 13.8 Å². The molecule has 0 amide bonds. The van der Waals surface area contributed by atoms with Gasteiger partial charge in [-0.3, -0.25) is 18.9 Å². The molecule has 0 aliphatic carbocycles. The van der Waals surface area contributed by atoms with Crippen LogP contribution in [0, 0.1) is 5.92 Å². The van der Waals surface area contributed by atoms with Crippen molar-refractivity contribution in [1.82, 2.24) is 14.6 Å². The molecule has 1 aromatic rings. The van der Waals surface area contributed by atoms with Crippen molar-refractivity contribution >= 4 is 7.52 Å². The Kier molecular flexibility index (Phi) is 6.48. The van der Waals surface area contributed by atoms with E-state index in [4.69, 9.17) is 9.26 Å². The van der Waals surface area contributed by atoms with Crippen molar-refractivity contribution in [2.75, 3.05) is 13.3 Å². The van der Waals surface area contributed by atoms with Crippen LogP contribution in [0.2, 0.25) is 0 Å². The number of rotatable bonds is 7. The molecule has 0 spiro atoms. The van der Waals surface area contributed by atoms with E-state index in [1.165, 1.54) is 6.66 Å². The summed E-state index contributed by atoms with van der Waals surface area (Å²) in [5, 5.41) is 13.2. The second-order valence-electron chi connectivity index (χ2n) is 7.44.